The van der Waals surface area contributed by atoms with Crippen molar-refractivity contribution in [2.75, 3.05) is 13.2 Å². The Balaban J connectivity index is 1.48. The second-order valence-corrected chi connectivity index (χ2v) is 4.35. The van der Waals surface area contributed by atoms with E-state index in [1.54, 1.807) is 0 Å². The Morgan fingerprint density at radius 3 is 2.63 bits per heavy atom. The normalized spacial score (nSPS) is 10.6. The first kappa shape index (κ1) is 13.6. The van der Waals surface area contributed by atoms with E-state index in [2.05, 4.69) is 5.16 Å². The second-order valence-electron chi connectivity index (χ2n) is 4.35. The number of hydrogen-bond acceptors (Lipinski definition) is 4. The van der Waals surface area contributed by atoms with E-state index in [4.69, 9.17) is 14.0 Å². The molecule has 0 amide bonds. The lowest BCUT2D eigenvalue weighted by molar-refractivity contribution is 0.109. The average Bonchev–Trinajstić information content (AvgIpc) is 2.85. The van der Waals surface area contributed by atoms with Gasteiger partial charge in [0, 0.05) is 12.7 Å². The summed E-state index contributed by atoms with van der Waals surface area (Å²) in [6.07, 6.45) is 1.95. The Morgan fingerprint density at radius 1 is 1.11 bits per heavy atom. The number of unbranched alkanes of at least 4 members (excludes halogenated alkanes) is 1. The maximum absolute atomic E-state index is 5.59. The molecule has 4 nitrogen and oxygen atoms in total. The quantitative estimate of drug-likeness (QED) is 0.683. The van der Waals surface area contributed by atoms with Crippen molar-refractivity contribution >= 4 is 0 Å². The van der Waals surface area contributed by atoms with E-state index in [1.807, 2.05) is 43.3 Å². The van der Waals surface area contributed by atoms with Gasteiger partial charge in [-0.25, -0.2) is 0 Å². The van der Waals surface area contributed by atoms with E-state index < -0.39 is 0 Å². The molecule has 1 aromatic heterocycles. The molecule has 0 aliphatic carbocycles. The van der Waals surface area contributed by atoms with Crippen molar-refractivity contribution in [3.05, 3.63) is 47.9 Å². The van der Waals surface area contributed by atoms with Crippen molar-refractivity contribution in [1.29, 1.82) is 0 Å². The molecule has 2 rings (SSSR count). The second kappa shape index (κ2) is 7.59. The number of ether oxygens (including phenoxy) is 2. The lowest BCUT2D eigenvalue weighted by Gasteiger charge is -2.05. The van der Waals surface area contributed by atoms with Crippen LogP contribution in [0.1, 0.15) is 24.3 Å². The molecule has 0 spiro atoms. The van der Waals surface area contributed by atoms with Crippen LogP contribution in [0.3, 0.4) is 0 Å². The summed E-state index contributed by atoms with van der Waals surface area (Å²) >= 11 is 0. The summed E-state index contributed by atoms with van der Waals surface area (Å²) in [6, 6.07) is 11.7. The van der Waals surface area contributed by atoms with Gasteiger partial charge in [-0.15, -0.1) is 0 Å². The molecule has 19 heavy (non-hydrogen) atoms. The highest BCUT2D eigenvalue weighted by molar-refractivity contribution is 5.20. The van der Waals surface area contributed by atoms with Gasteiger partial charge in [-0.05, 0) is 31.9 Å². The number of para-hydroxylation sites is 1. The smallest absolute Gasteiger partial charge is 0.134 e. The zero-order chi connectivity index (χ0) is 13.3. The molecule has 0 saturated heterocycles. The Labute approximate surface area is 113 Å². The van der Waals surface area contributed by atoms with Crippen LogP contribution in [-0.2, 0) is 11.3 Å². The molecule has 0 aliphatic heterocycles. The predicted molar refractivity (Wildman–Crippen MR) is 72.1 cm³/mol. The van der Waals surface area contributed by atoms with Gasteiger partial charge in [0.05, 0.1) is 13.2 Å². The molecule has 0 aliphatic rings. The maximum Gasteiger partial charge on any atom is 0.134 e. The summed E-state index contributed by atoms with van der Waals surface area (Å²) in [4.78, 5) is 0. The fourth-order valence-electron chi connectivity index (χ4n) is 1.68. The number of rotatable bonds is 8. The van der Waals surface area contributed by atoms with Gasteiger partial charge in [0.2, 0.25) is 0 Å². The van der Waals surface area contributed by atoms with Crippen LogP contribution in [0.2, 0.25) is 0 Å². The van der Waals surface area contributed by atoms with E-state index in [9.17, 15) is 0 Å². The van der Waals surface area contributed by atoms with Gasteiger partial charge in [0.15, 0.2) is 0 Å². The SMILES string of the molecule is Cc1cc(COCCCCOc2ccccc2)no1. The van der Waals surface area contributed by atoms with E-state index >= 15 is 0 Å². The van der Waals surface area contributed by atoms with Crippen LogP contribution in [-0.4, -0.2) is 18.4 Å². The third-order valence-electron chi connectivity index (χ3n) is 2.62. The lowest BCUT2D eigenvalue weighted by atomic mass is 10.3. The molecular formula is C15H19NO3. The monoisotopic (exact) mass is 261 g/mol. The van der Waals surface area contributed by atoms with Crippen LogP contribution >= 0.6 is 0 Å². The van der Waals surface area contributed by atoms with Gasteiger partial charge >= 0.3 is 0 Å². The largest absolute Gasteiger partial charge is 0.494 e. The first-order chi connectivity index (χ1) is 9.34. The van der Waals surface area contributed by atoms with Crippen molar-refractivity contribution in [3.8, 4) is 5.75 Å². The zero-order valence-corrected chi connectivity index (χ0v) is 11.2. The van der Waals surface area contributed by atoms with E-state index in [-0.39, 0.29) is 0 Å². The number of aryl methyl sites for hydroxylation is 1. The van der Waals surface area contributed by atoms with Crippen LogP contribution in [0, 0.1) is 6.92 Å². The Hall–Kier alpha value is -1.81. The Kier molecular flexibility index (Phi) is 5.44. The van der Waals surface area contributed by atoms with Gasteiger partial charge < -0.3 is 14.0 Å². The number of hydrogen-bond donors (Lipinski definition) is 0. The van der Waals surface area contributed by atoms with Crippen LogP contribution < -0.4 is 4.74 Å². The molecule has 0 bridgehead atoms. The van der Waals surface area contributed by atoms with Gasteiger partial charge in [0.25, 0.3) is 0 Å². The standard InChI is InChI=1S/C15H19NO3/c1-13-11-14(16-19-13)12-17-9-5-6-10-18-15-7-3-2-4-8-15/h2-4,7-8,11H,5-6,9-10,12H2,1H3. The Bertz CT molecular complexity index is 467. The minimum Gasteiger partial charge on any atom is -0.494 e. The zero-order valence-electron chi connectivity index (χ0n) is 11.2. The fourth-order valence-corrected chi connectivity index (χ4v) is 1.68. The third kappa shape index (κ3) is 5.14. The first-order valence-corrected chi connectivity index (χ1v) is 6.52. The number of nitrogens with zero attached hydrogens (tertiary/aromatic N) is 1. The molecule has 0 fully saturated rings. The van der Waals surface area contributed by atoms with Crippen LogP contribution in [0.4, 0.5) is 0 Å². The van der Waals surface area contributed by atoms with Crippen LogP contribution in [0.5, 0.6) is 5.75 Å². The molecule has 1 aromatic carbocycles. The Morgan fingerprint density at radius 2 is 1.89 bits per heavy atom. The molecule has 0 N–H and O–H groups in total. The molecule has 1 heterocycles. The molecule has 0 radical (unpaired) electrons. The molecule has 0 atom stereocenters. The topological polar surface area (TPSA) is 44.5 Å². The van der Waals surface area contributed by atoms with Gasteiger partial charge in [-0.2, -0.15) is 0 Å². The average molecular weight is 261 g/mol. The van der Waals surface area contributed by atoms with Crippen molar-refractivity contribution in [3.63, 3.8) is 0 Å². The minimum absolute atomic E-state index is 0.511. The van der Waals surface area contributed by atoms with Gasteiger partial charge in [-0.1, -0.05) is 23.4 Å². The van der Waals surface area contributed by atoms with Crippen molar-refractivity contribution in [2.24, 2.45) is 0 Å². The molecule has 2 aromatic rings. The summed E-state index contributed by atoms with van der Waals surface area (Å²) < 4.78 is 16.1. The van der Waals surface area contributed by atoms with Gasteiger partial charge in [-0.3, -0.25) is 0 Å². The fraction of sp³-hybridized carbons (Fsp3) is 0.400. The molecular weight excluding hydrogens is 242 g/mol. The first-order valence-electron chi connectivity index (χ1n) is 6.52. The molecule has 0 saturated carbocycles. The third-order valence-corrected chi connectivity index (χ3v) is 2.62. The molecule has 4 heteroatoms. The van der Waals surface area contributed by atoms with E-state index in [0.29, 0.717) is 13.2 Å². The number of aromatic nitrogens is 1. The van der Waals surface area contributed by atoms with Gasteiger partial charge in [0.1, 0.15) is 17.2 Å². The highest BCUT2D eigenvalue weighted by atomic mass is 16.5. The summed E-state index contributed by atoms with van der Waals surface area (Å²) in [6.45, 7) is 3.81. The van der Waals surface area contributed by atoms with Crippen molar-refractivity contribution in [1.82, 2.24) is 5.16 Å². The van der Waals surface area contributed by atoms with E-state index in [1.165, 1.54) is 0 Å². The minimum atomic E-state index is 0.511. The van der Waals surface area contributed by atoms with E-state index in [0.717, 1.165) is 36.7 Å². The maximum atomic E-state index is 5.59. The highest BCUT2D eigenvalue weighted by Crippen LogP contribution is 2.09. The summed E-state index contributed by atoms with van der Waals surface area (Å²) in [5.41, 5.74) is 0.845. The highest BCUT2D eigenvalue weighted by Gasteiger charge is 1.99. The van der Waals surface area contributed by atoms with Crippen molar-refractivity contribution in [2.45, 2.75) is 26.4 Å². The summed E-state index contributed by atoms with van der Waals surface area (Å²) in [5.74, 6) is 1.73. The summed E-state index contributed by atoms with van der Waals surface area (Å²) in [7, 11) is 0. The number of benzene rings is 1. The lowest BCUT2D eigenvalue weighted by Crippen LogP contribution is -2.01. The predicted octanol–water partition coefficient (Wildman–Crippen LogP) is 3.36. The molecule has 102 valence electrons. The van der Waals surface area contributed by atoms with Crippen LogP contribution in [0.25, 0.3) is 0 Å². The van der Waals surface area contributed by atoms with Crippen LogP contribution in [0.15, 0.2) is 40.9 Å². The summed E-state index contributed by atoms with van der Waals surface area (Å²) in [5, 5.41) is 3.86. The van der Waals surface area contributed by atoms with Crippen molar-refractivity contribution < 1.29 is 14.0 Å². The molecule has 0 unspecified atom stereocenters.